The van der Waals surface area contributed by atoms with Gasteiger partial charge in [-0.15, -0.1) is 0 Å². The van der Waals surface area contributed by atoms with Gasteiger partial charge in [-0.2, -0.15) is 22.0 Å². The van der Waals surface area contributed by atoms with E-state index in [0.717, 1.165) is 11.1 Å². The summed E-state index contributed by atoms with van der Waals surface area (Å²) in [4.78, 5) is 4.41. The zero-order valence-electron chi connectivity index (χ0n) is 23.1. The zero-order chi connectivity index (χ0) is 30.5. The van der Waals surface area contributed by atoms with Crippen molar-refractivity contribution in [3.8, 4) is 17.2 Å². The summed E-state index contributed by atoms with van der Waals surface area (Å²) in [5.41, 5.74) is 1.53. The van der Waals surface area contributed by atoms with Crippen molar-refractivity contribution in [3.05, 3.63) is 71.4 Å². The molecule has 0 bridgehead atoms. The minimum absolute atomic E-state index is 0.00666. The van der Waals surface area contributed by atoms with E-state index in [1.54, 1.807) is 30.5 Å². The first-order chi connectivity index (χ1) is 19.8. The maximum Gasteiger partial charge on any atom is 0.453 e. The Balaban J connectivity index is 1.30. The van der Waals surface area contributed by atoms with Crippen molar-refractivity contribution in [1.29, 1.82) is 0 Å². The Bertz CT molecular complexity index is 1360. The third-order valence-corrected chi connectivity index (χ3v) is 9.25. The summed E-state index contributed by atoms with van der Waals surface area (Å²) in [6.07, 6.45) is -2.92. The van der Waals surface area contributed by atoms with E-state index in [9.17, 15) is 36.4 Å². The van der Waals surface area contributed by atoms with Gasteiger partial charge in [0.2, 0.25) is 0 Å². The van der Waals surface area contributed by atoms with Gasteiger partial charge >= 0.3 is 12.1 Å². The second-order valence-electron chi connectivity index (χ2n) is 10.9. The molecule has 12 heteroatoms. The minimum atomic E-state index is -5.59. The van der Waals surface area contributed by atoms with E-state index in [2.05, 4.69) is 11.9 Å². The monoisotopic (exact) mass is 615 g/mol. The standard InChI is InChI=1S/C30H34F5NO5S/c1-28(20-6-8-21(37)9-7-20)19-40-26-17-22(38)10-11-24(26)25(28)12-13-27-36-18-23(41-27)5-2-3-15-42(39)16-4-14-29(31,32)30(33,34)35/h6-11,17-18,25,37-38H,2-5,12-16,19H2,1H3/t25-,28+,42?/m1/s1. The van der Waals surface area contributed by atoms with E-state index in [0.29, 0.717) is 56.1 Å². The zero-order valence-corrected chi connectivity index (χ0v) is 23.9. The van der Waals surface area contributed by atoms with Crippen LogP contribution in [0, 0.1) is 0 Å². The number of aromatic hydroxyl groups is 2. The number of aromatic nitrogens is 1. The third-order valence-electron chi connectivity index (χ3n) is 7.77. The first-order valence-corrected chi connectivity index (χ1v) is 15.3. The molecule has 0 radical (unpaired) electrons. The van der Waals surface area contributed by atoms with Gasteiger partial charge in [0.25, 0.3) is 0 Å². The van der Waals surface area contributed by atoms with Crippen molar-refractivity contribution >= 4 is 10.8 Å². The molecule has 0 amide bonds. The van der Waals surface area contributed by atoms with E-state index < -0.39 is 41.2 Å². The number of ether oxygens (including phenoxy) is 1. The van der Waals surface area contributed by atoms with Gasteiger partial charge in [0.1, 0.15) is 23.0 Å². The molecule has 0 aliphatic carbocycles. The van der Waals surface area contributed by atoms with Crippen LogP contribution in [0.25, 0.3) is 0 Å². The molecule has 0 fully saturated rings. The largest absolute Gasteiger partial charge is 0.508 e. The molecule has 1 aromatic heterocycles. The molecule has 0 saturated heterocycles. The first kappa shape index (κ1) is 31.8. The number of phenolic OH excluding ortho intramolecular Hbond substituents is 2. The number of hydrogen-bond acceptors (Lipinski definition) is 6. The molecule has 230 valence electrons. The number of halogens is 5. The van der Waals surface area contributed by atoms with Crippen molar-refractivity contribution in [2.45, 2.75) is 75.3 Å². The Kier molecular flexibility index (Phi) is 9.84. The predicted molar refractivity (Wildman–Crippen MR) is 148 cm³/mol. The summed E-state index contributed by atoms with van der Waals surface area (Å²) in [5, 5.41) is 19.7. The van der Waals surface area contributed by atoms with Gasteiger partial charge in [0.05, 0.1) is 12.8 Å². The van der Waals surface area contributed by atoms with Crippen LogP contribution in [0.4, 0.5) is 22.0 Å². The number of hydrogen-bond donors (Lipinski definition) is 2. The fourth-order valence-electron chi connectivity index (χ4n) is 5.32. The molecule has 3 aromatic rings. The number of phenols is 2. The number of unbranched alkanes of at least 4 members (excludes halogenated alkanes) is 1. The molecule has 42 heavy (non-hydrogen) atoms. The van der Waals surface area contributed by atoms with E-state index in [1.807, 2.05) is 18.2 Å². The fourth-order valence-corrected chi connectivity index (χ4v) is 6.51. The highest BCUT2D eigenvalue weighted by atomic mass is 32.2. The lowest BCUT2D eigenvalue weighted by Crippen LogP contribution is -2.40. The van der Waals surface area contributed by atoms with Gasteiger partial charge in [0.15, 0.2) is 5.89 Å². The topological polar surface area (TPSA) is 92.8 Å². The second kappa shape index (κ2) is 13.0. The third kappa shape index (κ3) is 7.62. The Morgan fingerprint density at radius 1 is 0.976 bits per heavy atom. The number of benzene rings is 2. The molecule has 0 spiro atoms. The summed E-state index contributed by atoms with van der Waals surface area (Å²) in [5.74, 6) is -2.64. The average molecular weight is 616 g/mol. The molecule has 0 saturated carbocycles. The highest BCUT2D eigenvalue weighted by molar-refractivity contribution is 7.84. The summed E-state index contributed by atoms with van der Waals surface area (Å²) < 4.78 is 86.7. The van der Waals surface area contributed by atoms with Crippen LogP contribution < -0.4 is 4.74 Å². The van der Waals surface area contributed by atoms with Gasteiger partial charge in [-0.05, 0) is 55.0 Å². The van der Waals surface area contributed by atoms with Crippen molar-refractivity contribution in [2.75, 3.05) is 18.1 Å². The number of fused-ring (bicyclic) bond motifs is 1. The maximum absolute atomic E-state index is 13.0. The fraction of sp³-hybridized carbons (Fsp3) is 0.500. The van der Waals surface area contributed by atoms with Crippen LogP contribution in [0.1, 0.15) is 67.7 Å². The van der Waals surface area contributed by atoms with Crippen LogP contribution in [0.2, 0.25) is 0 Å². The van der Waals surface area contributed by atoms with Crippen LogP contribution in [0.15, 0.2) is 53.1 Å². The van der Waals surface area contributed by atoms with Crippen LogP contribution in [0.5, 0.6) is 17.2 Å². The van der Waals surface area contributed by atoms with Gasteiger partial charge in [-0.3, -0.25) is 4.21 Å². The van der Waals surface area contributed by atoms with Crippen LogP contribution in [-0.2, 0) is 29.1 Å². The lowest BCUT2D eigenvalue weighted by molar-refractivity contribution is -0.284. The van der Waals surface area contributed by atoms with Gasteiger partial charge in [-0.1, -0.05) is 25.1 Å². The number of alkyl halides is 5. The van der Waals surface area contributed by atoms with E-state index in [4.69, 9.17) is 9.15 Å². The summed E-state index contributed by atoms with van der Waals surface area (Å²) in [6.45, 7) is 2.48. The Morgan fingerprint density at radius 3 is 2.38 bits per heavy atom. The maximum atomic E-state index is 13.0. The van der Waals surface area contributed by atoms with Gasteiger partial charge in [0, 0.05) is 59.0 Å². The van der Waals surface area contributed by atoms with Crippen molar-refractivity contribution in [2.24, 2.45) is 0 Å². The lowest BCUT2D eigenvalue weighted by atomic mass is 9.66. The minimum Gasteiger partial charge on any atom is -0.508 e. The van der Waals surface area contributed by atoms with Crippen molar-refractivity contribution < 1.29 is 45.5 Å². The van der Waals surface area contributed by atoms with Crippen molar-refractivity contribution in [3.63, 3.8) is 0 Å². The second-order valence-corrected chi connectivity index (χ2v) is 12.6. The van der Waals surface area contributed by atoms with E-state index >= 15 is 0 Å². The Morgan fingerprint density at radius 2 is 1.67 bits per heavy atom. The molecule has 1 unspecified atom stereocenters. The highest BCUT2D eigenvalue weighted by Crippen LogP contribution is 2.49. The smallest absolute Gasteiger partial charge is 0.453 e. The summed E-state index contributed by atoms with van der Waals surface area (Å²) in [7, 11) is -1.47. The molecular weight excluding hydrogens is 581 g/mol. The highest BCUT2D eigenvalue weighted by Gasteiger charge is 2.56. The normalized spacial score (nSPS) is 19.7. The number of aryl methyl sites for hydroxylation is 2. The first-order valence-electron chi connectivity index (χ1n) is 13.8. The van der Waals surface area contributed by atoms with Crippen LogP contribution in [-0.4, -0.2) is 49.6 Å². The number of nitrogens with zero attached hydrogens (tertiary/aromatic N) is 1. The molecular formula is C30H34F5NO5S. The lowest BCUT2D eigenvalue weighted by Gasteiger charge is -2.43. The SMILES string of the molecule is C[C@@]1(c2ccc(O)cc2)COc2cc(O)ccc2[C@H]1CCc1ncc(CCCCS(=O)CCCC(F)(F)C(F)(F)F)o1. The number of rotatable bonds is 13. The number of oxazole rings is 1. The molecule has 4 rings (SSSR count). The predicted octanol–water partition coefficient (Wildman–Crippen LogP) is 7.20. The molecule has 2 aromatic carbocycles. The van der Waals surface area contributed by atoms with E-state index in [1.165, 1.54) is 0 Å². The quantitative estimate of drug-likeness (QED) is 0.156. The summed E-state index contributed by atoms with van der Waals surface area (Å²) >= 11 is 0. The molecule has 6 nitrogen and oxygen atoms in total. The van der Waals surface area contributed by atoms with Crippen molar-refractivity contribution in [1.82, 2.24) is 4.98 Å². The Labute approximate surface area is 243 Å². The molecule has 3 atom stereocenters. The summed E-state index contributed by atoms with van der Waals surface area (Å²) in [6, 6.07) is 12.1. The van der Waals surface area contributed by atoms with Crippen LogP contribution in [0.3, 0.4) is 0 Å². The van der Waals surface area contributed by atoms with E-state index in [-0.39, 0.29) is 28.9 Å². The molecule has 1 aliphatic heterocycles. The van der Waals surface area contributed by atoms with Crippen LogP contribution >= 0.6 is 0 Å². The Hall–Kier alpha value is -3.15. The molecule has 2 N–H and O–H groups in total. The average Bonchev–Trinajstić information content (AvgIpc) is 3.38. The van der Waals surface area contributed by atoms with Gasteiger partial charge in [-0.25, -0.2) is 4.98 Å². The molecule has 2 heterocycles. The van der Waals surface area contributed by atoms with Gasteiger partial charge < -0.3 is 19.4 Å². The molecule has 1 aliphatic rings.